The lowest BCUT2D eigenvalue weighted by Gasteiger charge is -2.25. The van der Waals surface area contributed by atoms with E-state index in [4.69, 9.17) is 25.3 Å². The van der Waals surface area contributed by atoms with E-state index < -0.39 is 22.5 Å². The molecule has 0 spiro atoms. The Morgan fingerprint density at radius 3 is 2.64 bits per heavy atom. The third kappa shape index (κ3) is 5.19. The first-order chi connectivity index (χ1) is 10.4. The van der Waals surface area contributed by atoms with E-state index in [1.807, 2.05) is 0 Å². The average molecular weight is 350 g/mol. The predicted molar refractivity (Wildman–Crippen MR) is 82.8 cm³/mol. The zero-order valence-electron chi connectivity index (χ0n) is 12.5. The quantitative estimate of drug-likeness (QED) is 0.693. The van der Waals surface area contributed by atoms with Crippen LogP contribution in [0.3, 0.4) is 0 Å². The van der Waals surface area contributed by atoms with Gasteiger partial charge in [0.1, 0.15) is 19.0 Å². The van der Waals surface area contributed by atoms with Crippen molar-refractivity contribution in [1.29, 1.82) is 0 Å². The van der Waals surface area contributed by atoms with Crippen LogP contribution in [0.15, 0.2) is 24.3 Å². The van der Waals surface area contributed by atoms with Crippen LogP contribution in [0.25, 0.3) is 0 Å². The van der Waals surface area contributed by atoms with Crippen molar-refractivity contribution in [2.45, 2.75) is 38.0 Å². The van der Waals surface area contributed by atoms with Crippen molar-refractivity contribution in [1.82, 2.24) is 4.72 Å². The standard InChI is InChI=1S/C14H20ClNO5S/c1-10(21-22(17,18)16-11-7-8-11)14(20-9-19-2)12-5-3-4-6-13(12)15/h3-6,10-11,14,16H,7-9H2,1-2H3/t10-,14+/m1/s1. The van der Waals surface area contributed by atoms with Crippen LogP contribution in [0.4, 0.5) is 0 Å². The highest BCUT2D eigenvalue weighted by Gasteiger charge is 2.32. The van der Waals surface area contributed by atoms with Crippen LogP contribution in [0, 0.1) is 0 Å². The summed E-state index contributed by atoms with van der Waals surface area (Å²) in [6.45, 7) is 1.62. The molecule has 1 fully saturated rings. The summed E-state index contributed by atoms with van der Waals surface area (Å²) in [6.07, 6.45) is 0.256. The molecule has 0 aromatic heterocycles. The number of benzene rings is 1. The van der Waals surface area contributed by atoms with E-state index in [1.165, 1.54) is 7.11 Å². The predicted octanol–water partition coefficient (Wildman–Crippen LogP) is 2.40. The van der Waals surface area contributed by atoms with Gasteiger partial charge in [0.05, 0.1) is 0 Å². The molecule has 124 valence electrons. The van der Waals surface area contributed by atoms with Crippen molar-refractivity contribution in [2.24, 2.45) is 0 Å². The molecule has 0 saturated heterocycles. The van der Waals surface area contributed by atoms with E-state index in [2.05, 4.69) is 4.72 Å². The minimum Gasteiger partial charge on any atom is -0.359 e. The molecule has 22 heavy (non-hydrogen) atoms. The first-order valence-electron chi connectivity index (χ1n) is 6.98. The smallest absolute Gasteiger partial charge is 0.336 e. The van der Waals surface area contributed by atoms with Gasteiger partial charge < -0.3 is 9.47 Å². The van der Waals surface area contributed by atoms with Crippen LogP contribution in [0.1, 0.15) is 31.4 Å². The van der Waals surface area contributed by atoms with E-state index in [0.717, 1.165) is 12.8 Å². The van der Waals surface area contributed by atoms with E-state index in [9.17, 15) is 8.42 Å². The Morgan fingerprint density at radius 1 is 1.36 bits per heavy atom. The summed E-state index contributed by atoms with van der Waals surface area (Å²) in [4.78, 5) is 0. The lowest BCUT2D eigenvalue weighted by atomic mass is 10.1. The zero-order valence-corrected chi connectivity index (χ0v) is 14.1. The largest absolute Gasteiger partial charge is 0.359 e. The fourth-order valence-corrected chi connectivity index (χ4v) is 3.45. The first-order valence-corrected chi connectivity index (χ1v) is 8.77. The molecule has 2 atom stereocenters. The van der Waals surface area contributed by atoms with E-state index in [1.54, 1.807) is 31.2 Å². The minimum atomic E-state index is -3.82. The lowest BCUT2D eigenvalue weighted by Crippen LogP contribution is -2.34. The average Bonchev–Trinajstić information content (AvgIpc) is 3.23. The molecule has 0 unspecified atom stereocenters. The summed E-state index contributed by atoms with van der Waals surface area (Å²) in [6, 6.07) is 7.05. The normalized spacial score (nSPS) is 18.1. The van der Waals surface area contributed by atoms with Crippen molar-refractivity contribution in [2.75, 3.05) is 13.9 Å². The third-order valence-electron chi connectivity index (χ3n) is 3.17. The second-order valence-electron chi connectivity index (χ2n) is 5.16. The number of nitrogens with one attached hydrogen (secondary N) is 1. The van der Waals surface area contributed by atoms with Gasteiger partial charge in [0.25, 0.3) is 0 Å². The number of rotatable bonds is 9. The minimum absolute atomic E-state index is 0.000307. The molecule has 0 bridgehead atoms. The third-order valence-corrected chi connectivity index (χ3v) is 4.69. The maximum absolute atomic E-state index is 11.9. The van der Waals surface area contributed by atoms with Crippen LogP contribution >= 0.6 is 11.6 Å². The molecule has 1 aliphatic carbocycles. The Balaban J connectivity index is 2.11. The van der Waals surface area contributed by atoms with Crippen LogP contribution in [0.5, 0.6) is 0 Å². The van der Waals surface area contributed by atoms with Gasteiger partial charge in [-0.25, -0.2) is 0 Å². The zero-order chi connectivity index (χ0) is 16.2. The van der Waals surface area contributed by atoms with Gasteiger partial charge in [-0.3, -0.25) is 4.18 Å². The molecule has 0 amide bonds. The van der Waals surface area contributed by atoms with Gasteiger partial charge in [-0.1, -0.05) is 29.8 Å². The summed E-state index contributed by atoms with van der Waals surface area (Å²) < 4.78 is 42.0. The maximum atomic E-state index is 11.9. The molecule has 0 radical (unpaired) electrons. The monoisotopic (exact) mass is 349 g/mol. The molecule has 1 aromatic rings. The van der Waals surface area contributed by atoms with E-state index in [0.29, 0.717) is 10.6 Å². The molecule has 0 aliphatic heterocycles. The Hall–Kier alpha value is -0.700. The highest BCUT2D eigenvalue weighted by Crippen LogP contribution is 2.30. The summed E-state index contributed by atoms with van der Waals surface area (Å²) in [7, 11) is -2.34. The number of hydrogen-bond acceptors (Lipinski definition) is 5. The summed E-state index contributed by atoms with van der Waals surface area (Å²) in [5, 5.41) is 0.478. The Morgan fingerprint density at radius 2 is 2.05 bits per heavy atom. The van der Waals surface area contributed by atoms with Gasteiger partial charge in [0, 0.05) is 23.7 Å². The Kier molecular flexibility index (Phi) is 6.19. The van der Waals surface area contributed by atoms with E-state index >= 15 is 0 Å². The summed E-state index contributed by atoms with van der Waals surface area (Å²) >= 11 is 6.17. The van der Waals surface area contributed by atoms with E-state index in [-0.39, 0.29) is 12.8 Å². The molecule has 1 aromatic carbocycles. The topological polar surface area (TPSA) is 73.9 Å². The Labute approximate surface area is 136 Å². The first kappa shape index (κ1) is 17.7. The number of methoxy groups -OCH3 is 1. The molecule has 1 saturated carbocycles. The van der Waals surface area contributed by atoms with Gasteiger partial charge in [0.2, 0.25) is 0 Å². The second kappa shape index (κ2) is 7.72. The fourth-order valence-electron chi connectivity index (χ4n) is 2.01. The van der Waals surface area contributed by atoms with Crippen molar-refractivity contribution in [3.63, 3.8) is 0 Å². The van der Waals surface area contributed by atoms with Crippen molar-refractivity contribution < 1.29 is 22.1 Å². The van der Waals surface area contributed by atoms with Gasteiger partial charge in [-0.15, -0.1) is 0 Å². The lowest BCUT2D eigenvalue weighted by molar-refractivity contribution is -0.104. The summed E-state index contributed by atoms with van der Waals surface area (Å²) in [5.41, 5.74) is 0.648. The van der Waals surface area contributed by atoms with Crippen LogP contribution in [-0.4, -0.2) is 34.5 Å². The Bertz CT molecular complexity index is 591. The summed E-state index contributed by atoms with van der Waals surface area (Å²) in [5.74, 6) is 0. The van der Waals surface area contributed by atoms with Crippen LogP contribution in [0.2, 0.25) is 5.02 Å². The highest BCUT2D eigenvalue weighted by molar-refractivity contribution is 7.84. The highest BCUT2D eigenvalue weighted by atomic mass is 35.5. The second-order valence-corrected chi connectivity index (χ2v) is 6.91. The SMILES string of the molecule is COCO[C@H](c1ccccc1Cl)[C@@H](C)OS(=O)(=O)NC1CC1. The molecule has 2 rings (SSSR count). The molecule has 8 heteroatoms. The molecular weight excluding hydrogens is 330 g/mol. The maximum Gasteiger partial charge on any atom is 0.336 e. The van der Waals surface area contributed by atoms with Crippen molar-refractivity contribution >= 4 is 21.9 Å². The number of hydrogen-bond donors (Lipinski definition) is 1. The number of ether oxygens (including phenoxy) is 2. The molecule has 0 heterocycles. The molecular formula is C14H20ClNO5S. The van der Waals surface area contributed by atoms with Crippen molar-refractivity contribution in [3.8, 4) is 0 Å². The van der Waals surface area contributed by atoms with Gasteiger partial charge in [-0.2, -0.15) is 13.1 Å². The molecule has 1 N–H and O–H groups in total. The van der Waals surface area contributed by atoms with Crippen LogP contribution < -0.4 is 4.72 Å². The van der Waals surface area contributed by atoms with Gasteiger partial charge in [0.15, 0.2) is 0 Å². The number of halogens is 1. The van der Waals surface area contributed by atoms with Gasteiger partial charge in [-0.05, 0) is 25.8 Å². The van der Waals surface area contributed by atoms with Crippen LogP contribution in [-0.2, 0) is 24.0 Å². The van der Waals surface area contributed by atoms with Gasteiger partial charge >= 0.3 is 10.3 Å². The molecule has 1 aliphatic rings. The molecule has 6 nitrogen and oxygen atoms in total. The fraction of sp³-hybridized carbons (Fsp3) is 0.571. The van der Waals surface area contributed by atoms with Crippen molar-refractivity contribution in [3.05, 3.63) is 34.9 Å².